The molecule has 2 saturated carbocycles. The number of hydrogen-bond donors (Lipinski definition) is 1. The Hall–Kier alpha value is -1.22. The molecule has 0 saturated heterocycles. The molecular formula is C17H22ClNO2. The van der Waals surface area contributed by atoms with E-state index >= 15 is 0 Å². The molecule has 1 aromatic rings. The monoisotopic (exact) mass is 307 g/mol. The number of nitrogen functional groups attached to an aromatic ring is 1. The molecule has 114 valence electrons. The standard InChI is InChI=1S/C17H22ClNO2/c1-16(2)10-6-7-17(16,3)14(8-10)21-15(20)12-9-11(19)4-5-13(12)18/h4-5,9-10,14H,6-8,19H2,1-3H3. The lowest BCUT2D eigenvalue weighted by Gasteiger charge is -2.38. The summed E-state index contributed by atoms with van der Waals surface area (Å²) in [5.41, 5.74) is 6.89. The highest BCUT2D eigenvalue weighted by molar-refractivity contribution is 6.33. The maximum absolute atomic E-state index is 12.4. The molecule has 0 aromatic heterocycles. The lowest BCUT2D eigenvalue weighted by Crippen LogP contribution is -2.38. The second-order valence-electron chi connectivity index (χ2n) is 7.24. The summed E-state index contributed by atoms with van der Waals surface area (Å²) in [5, 5.41) is 0.391. The maximum atomic E-state index is 12.4. The van der Waals surface area contributed by atoms with Gasteiger partial charge in [0.15, 0.2) is 0 Å². The Labute approximate surface area is 130 Å². The third kappa shape index (κ3) is 2.05. The largest absolute Gasteiger partial charge is 0.458 e. The molecule has 3 atom stereocenters. The number of fused-ring (bicyclic) bond motifs is 2. The van der Waals surface area contributed by atoms with Crippen LogP contribution in [0.2, 0.25) is 5.02 Å². The van der Waals surface area contributed by atoms with Crippen LogP contribution in [-0.4, -0.2) is 12.1 Å². The third-order valence-corrected chi connectivity index (χ3v) is 6.50. The third-order valence-electron chi connectivity index (χ3n) is 6.17. The van der Waals surface area contributed by atoms with Crippen LogP contribution in [0.5, 0.6) is 0 Å². The zero-order valence-electron chi connectivity index (χ0n) is 12.8. The van der Waals surface area contributed by atoms with E-state index in [0.29, 0.717) is 22.2 Å². The number of ether oxygens (including phenoxy) is 1. The van der Waals surface area contributed by atoms with Crippen molar-refractivity contribution in [1.29, 1.82) is 0 Å². The van der Waals surface area contributed by atoms with Crippen molar-refractivity contribution in [3.63, 3.8) is 0 Å². The van der Waals surface area contributed by atoms with Gasteiger partial charge in [-0.15, -0.1) is 0 Å². The fourth-order valence-electron chi connectivity index (χ4n) is 4.20. The van der Waals surface area contributed by atoms with Crippen molar-refractivity contribution in [2.45, 2.75) is 46.1 Å². The molecule has 4 heteroatoms. The summed E-state index contributed by atoms with van der Waals surface area (Å²) < 4.78 is 5.83. The van der Waals surface area contributed by atoms with Gasteiger partial charge in [-0.2, -0.15) is 0 Å². The van der Waals surface area contributed by atoms with Crippen molar-refractivity contribution >= 4 is 23.3 Å². The molecular weight excluding hydrogens is 286 g/mol. The fraction of sp³-hybridized carbons (Fsp3) is 0.588. The summed E-state index contributed by atoms with van der Waals surface area (Å²) in [6, 6.07) is 4.91. The van der Waals surface area contributed by atoms with Crippen molar-refractivity contribution in [1.82, 2.24) is 0 Å². The molecule has 21 heavy (non-hydrogen) atoms. The molecule has 0 spiro atoms. The van der Waals surface area contributed by atoms with E-state index in [1.54, 1.807) is 18.2 Å². The molecule has 0 heterocycles. The highest BCUT2D eigenvalue weighted by Crippen LogP contribution is 2.66. The second kappa shape index (κ2) is 4.64. The number of anilines is 1. The van der Waals surface area contributed by atoms with Gasteiger partial charge in [0.05, 0.1) is 10.6 Å². The summed E-state index contributed by atoms with van der Waals surface area (Å²) in [5.74, 6) is 0.276. The van der Waals surface area contributed by atoms with E-state index in [1.807, 2.05) is 0 Å². The van der Waals surface area contributed by atoms with Crippen LogP contribution in [-0.2, 0) is 4.74 Å². The Bertz CT molecular complexity index is 598. The van der Waals surface area contributed by atoms with E-state index in [4.69, 9.17) is 22.1 Å². The molecule has 2 aliphatic rings. The number of rotatable bonds is 2. The van der Waals surface area contributed by atoms with Crippen LogP contribution < -0.4 is 5.73 Å². The van der Waals surface area contributed by atoms with Gasteiger partial charge in [0, 0.05) is 11.1 Å². The molecule has 3 rings (SSSR count). The lowest BCUT2D eigenvalue weighted by molar-refractivity contribution is -0.0242. The SMILES string of the molecule is CC1(C)C2CCC1(C)C(OC(=O)c1cc(N)ccc1Cl)C2. The highest BCUT2D eigenvalue weighted by Gasteiger charge is 2.62. The van der Waals surface area contributed by atoms with Crippen molar-refractivity contribution < 1.29 is 9.53 Å². The van der Waals surface area contributed by atoms with Crippen LogP contribution in [0.1, 0.15) is 50.4 Å². The summed E-state index contributed by atoms with van der Waals surface area (Å²) in [4.78, 5) is 12.4. The maximum Gasteiger partial charge on any atom is 0.340 e. The van der Waals surface area contributed by atoms with Gasteiger partial charge in [-0.1, -0.05) is 32.4 Å². The number of benzene rings is 1. The predicted octanol–water partition coefficient (Wildman–Crippen LogP) is 4.29. The molecule has 3 nitrogen and oxygen atoms in total. The first-order valence-electron chi connectivity index (χ1n) is 7.52. The van der Waals surface area contributed by atoms with Crippen LogP contribution in [0.3, 0.4) is 0 Å². The van der Waals surface area contributed by atoms with Crippen LogP contribution >= 0.6 is 11.6 Å². The van der Waals surface area contributed by atoms with Crippen LogP contribution in [0, 0.1) is 16.7 Å². The smallest absolute Gasteiger partial charge is 0.340 e. The van der Waals surface area contributed by atoms with Gasteiger partial charge in [-0.05, 0) is 48.8 Å². The lowest BCUT2D eigenvalue weighted by atomic mass is 9.70. The molecule has 2 fully saturated rings. The highest BCUT2D eigenvalue weighted by atomic mass is 35.5. The van der Waals surface area contributed by atoms with E-state index in [9.17, 15) is 4.79 Å². The zero-order chi connectivity index (χ0) is 15.4. The van der Waals surface area contributed by atoms with Gasteiger partial charge in [0.25, 0.3) is 0 Å². The van der Waals surface area contributed by atoms with Gasteiger partial charge >= 0.3 is 5.97 Å². The van der Waals surface area contributed by atoms with Crippen LogP contribution in [0.25, 0.3) is 0 Å². The molecule has 2 N–H and O–H groups in total. The molecule has 1 aromatic carbocycles. The minimum absolute atomic E-state index is 0.0313. The Morgan fingerprint density at radius 3 is 2.67 bits per heavy atom. The quantitative estimate of drug-likeness (QED) is 0.655. The Morgan fingerprint density at radius 1 is 1.38 bits per heavy atom. The summed E-state index contributed by atoms with van der Waals surface area (Å²) in [6.07, 6.45) is 3.27. The number of hydrogen-bond acceptors (Lipinski definition) is 3. The Morgan fingerprint density at radius 2 is 2.10 bits per heavy atom. The van der Waals surface area contributed by atoms with E-state index in [1.165, 1.54) is 6.42 Å². The number of carbonyl (C=O) groups is 1. The van der Waals surface area contributed by atoms with Gasteiger partial charge in [-0.25, -0.2) is 4.79 Å². The van der Waals surface area contributed by atoms with Crippen molar-refractivity contribution in [3.8, 4) is 0 Å². The van der Waals surface area contributed by atoms with Crippen molar-refractivity contribution in [2.75, 3.05) is 5.73 Å². The fourth-order valence-corrected chi connectivity index (χ4v) is 4.40. The summed E-state index contributed by atoms with van der Waals surface area (Å²) in [7, 11) is 0. The van der Waals surface area contributed by atoms with E-state index in [-0.39, 0.29) is 22.9 Å². The molecule has 0 radical (unpaired) electrons. The average Bonchev–Trinajstić information content (AvgIpc) is 2.74. The van der Waals surface area contributed by atoms with E-state index in [0.717, 1.165) is 12.8 Å². The minimum atomic E-state index is -0.359. The predicted molar refractivity (Wildman–Crippen MR) is 84.3 cm³/mol. The number of halogens is 1. The Kier molecular flexibility index (Phi) is 3.25. The summed E-state index contributed by atoms with van der Waals surface area (Å²) in [6.45, 7) is 6.84. The molecule has 3 unspecified atom stereocenters. The van der Waals surface area contributed by atoms with Crippen molar-refractivity contribution in [3.05, 3.63) is 28.8 Å². The normalized spacial score (nSPS) is 33.1. The first-order chi connectivity index (χ1) is 9.75. The summed E-state index contributed by atoms with van der Waals surface area (Å²) >= 11 is 6.09. The van der Waals surface area contributed by atoms with Gasteiger partial charge in [-0.3, -0.25) is 0 Å². The van der Waals surface area contributed by atoms with E-state index in [2.05, 4.69) is 20.8 Å². The number of carbonyl (C=O) groups excluding carboxylic acids is 1. The second-order valence-corrected chi connectivity index (χ2v) is 7.65. The molecule has 2 bridgehead atoms. The minimum Gasteiger partial charge on any atom is -0.458 e. The topological polar surface area (TPSA) is 52.3 Å². The van der Waals surface area contributed by atoms with Crippen LogP contribution in [0.15, 0.2) is 18.2 Å². The van der Waals surface area contributed by atoms with Gasteiger partial charge < -0.3 is 10.5 Å². The average molecular weight is 308 g/mol. The number of esters is 1. The molecule has 0 aliphatic heterocycles. The number of nitrogens with two attached hydrogens (primary N) is 1. The Balaban J connectivity index is 1.82. The zero-order valence-corrected chi connectivity index (χ0v) is 13.5. The first-order valence-corrected chi connectivity index (χ1v) is 7.89. The molecule has 0 amide bonds. The van der Waals surface area contributed by atoms with Gasteiger partial charge in [0.2, 0.25) is 0 Å². The van der Waals surface area contributed by atoms with E-state index < -0.39 is 0 Å². The molecule has 2 aliphatic carbocycles. The van der Waals surface area contributed by atoms with Crippen LogP contribution in [0.4, 0.5) is 5.69 Å². The first kappa shape index (κ1) is 14.7. The van der Waals surface area contributed by atoms with Crippen molar-refractivity contribution in [2.24, 2.45) is 16.7 Å². The van der Waals surface area contributed by atoms with Gasteiger partial charge in [0.1, 0.15) is 6.10 Å².